The van der Waals surface area contributed by atoms with Gasteiger partial charge in [-0.25, -0.2) is 5.48 Å². The van der Waals surface area contributed by atoms with Crippen molar-refractivity contribution in [1.29, 1.82) is 0 Å². The van der Waals surface area contributed by atoms with Gasteiger partial charge in [-0.05, 0) is 12.8 Å². The summed E-state index contributed by atoms with van der Waals surface area (Å²) >= 11 is 0. The number of hydrogen-bond donors (Lipinski definition) is 3. The zero-order valence-corrected chi connectivity index (χ0v) is 8.62. The van der Waals surface area contributed by atoms with Crippen molar-refractivity contribution in [1.82, 2.24) is 5.48 Å². The Labute approximate surface area is 83.6 Å². The predicted molar refractivity (Wildman–Crippen MR) is 51.6 cm³/mol. The number of carbonyl (C=O) groups is 2. The zero-order chi connectivity index (χ0) is 11.1. The van der Waals surface area contributed by atoms with Gasteiger partial charge < -0.3 is 5.73 Å². The summed E-state index contributed by atoms with van der Waals surface area (Å²) in [7, 11) is 0. The Morgan fingerprint density at radius 1 is 1.50 bits per heavy atom. The normalized spacial score (nSPS) is 14.6. The van der Waals surface area contributed by atoms with E-state index < -0.39 is 11.9 Å². The maximum atomic E-state index is 11.5. The first kappa shape index (κ1) is 13.1. The van der Waals surface area contributed by atoms with Gasteiger partial charge in [0.1, 0.15) is 0 Å². The van der Waals surface area contributed by atoms with Crippen LogP contribution in [0.15, 0.2) is 0 Å². The summed E-state index contributed by atoms with van der Waals surface area (Å²) in [5.74, 6) is -0.613. The van der Waals surface area contributed by atoms with Crippen LogP contribution < -0.4 is 11.2 Å². The molecule has 0 spiro atoms. The van der Waals surface area contributed by atoms with E-state index in [0.29, 0.717) is 0 Å². The summed E-state index contributed by atoms with van der Waals surface area (Å²) in [5, 5.41) is 8.22. The Kier molecular flexibility index (Phi) is 6.07. The lowest BCUT2D eigenvalue weighted by Gasteiger charge is -2.13. The highest BCUT2D eigenvalue weighted by molar-refractivity contribution is 5.86. The molecular weight excluding hydrogens is 184 g/mol. The fraction of sp³-hybridized carbons (Fsp3) is 0.778. The van der Waals surface area contributed by atoms with Gasteiger partial charge in [-0.1, -0.05) is 13.8 Å². The highest BCUT2D eigenvalue weighted by atomic mass is 16.5. The highest BCUT2D eigenvalue weighted by Crippen LogP contribution is 2.07. The summed E-state index contributed by atoms with van der Waals surface area (Å²) in [6.45, 7) is 3.73. The van der Waals surface area contributed by atoms with Crippen LogP contribution in [0.4, 0.5) is 0 Å². The monoisotopic (exact) mass is 202 g/mol. The average Bonchev–Trinajstić information content (AvgIpc) is 2.22. The highest BCUT2D eigenvalue weighted by Gasteiger charge is 2.19. The first-order valence-corrected chi connectivity index (χ1v) is 4.75. The SMILES string of the molecule is CCC(C)C(=O)C(N)CCC(=O)NO. The second kappa shape index (κ2) is 6.50. The largest absolute Gasteiger partial charge is 0.321 e. The van der Waals surface area contributed by atoms with E-state index in [9.17, 15) is 9.59 Å². The fourth-order valence-corrected chi connectivity index (χ4v) is 1.05. The van der Waals surface area contributed by atoms with Crippen LogP contribution in [0.5, 0.6) is 0 Å². The maximum absolute atomic E-state index is 11.5. The molecule has 0 saturated heterocycles. The molecule has 4 N–H and O–H groups in total. The third-order valence-electron chi connectivity index (χ3n) is 2.27. The molecule has 0 rings (SSSR count). The molecule has 2 unspecified atom stereocenters. The first-order chi connectivity index (χ1) is 6.52. The number of ketones is 1. The molecule has 0 aliphatic carbocycles. The van der Waals surface area contributed by atoms with E-state index in [1.807, 2.05) is 13.8 Å². The molecular formula is C9H18N2O3. The van der Waals surface area contributed by atoms with Crippen molar-refractivity contribution < 1.29 is 14.8 Å². The molecule has 1 amide bonds. The molecule has 0 heterocycles. The van der Waals surface area contributed by atoms with Crippen LogP contribution in [-0.2, 0) is 9.59 Å². The van der Waals surface area contributed by atoms with Crippen molar-refractivity contribution in [3.05, 3.63) is 0 Å². The zero-order valence-electron chi connectivity index (χ0n) is 8.62. The lowest BCUT2D eigenvalue weighted by molar-refractivity contribution is -0.129. The minimum atomic E-state index is -0.609. The average molecular weight is 202 g/mol. The van der Waals surface area contributed by atoms with Crippen LogP contribution >= 0.6 is 0 Å². The molecule has 0 aromatic rings. The van der Waals surface area contributed by atoms with Crippen molar-refractivity contribution >= 4 is 11.7 Å². The van der Waals surface area contributed by atoms with Crippen molar-refractivity contribution in [2.45, 2.75) is 39.2 Å². The van der Waals surface area contributed by atoms with E-state index in [1.165, 1.54) is 5.48 Å². The number of hydroxylamine groups is 1. The number of nitrogens with two attached hydrogens (primary N) is 1. The summed E-state index contributed by atoms with van der Waals surface area (Å²) in [6.07, 6.45) is 1.09. The Morgan fingerprint density at radius 3 is 2.50 bits per heavy atom. The number of amides is 1. The van der Waals surface area contributed by atoms with E-state index in [-0.39, 0.29) is 24.5 Å². The number of rotatable bonds is 6. The summed E-state index contributed by atoms with van der Waals surface area (Å²) in [5.41, 5.74) is 7.08. The Bertz CT molecular complexity index is 206. The number of nitrogens with one attached hydrogen (secondary N) is 1. The maximum Gasteiger partial charge on any atom is 0.243 e. The van der Waals surface area contributed by atoms with Crippen LogP contribution in [-0.4, -0.2) is 22.9 Å². The number of Topliss-reactive ketones (excluding diaryl/α,β-unsaturated/α-hetero) is 1. The van der Waals surface area contributed by atoms with Crippen LogP contribution in [0.3, 0.4) is 0 Å². The van der Waals surface area contributed by atoms with Gasteiger partial charge in [0.2, 0.25) is 5.91 Å². The molecule has 0 bridgehead atoms. The molecule has 14 heavy (non-hydrogen) atoms. The predicted octanol–water partition coefficient (Wildman–Crippen LogP) is 0.215. The van der Waals surface area contributed by atoms with E-state index in [4.69, 9.17) is 10.9 Å². The van der Waals surface area contributed by atoms with Gasteiger partial charge in [-0.15, -0.1) is 0 Å². The van der Waals surface area contributed by atoms with Gasteiger partial charge in [0.15, 0.2) is 5.78 Å². The first-order valence-electron chi connectivity index (χ1n) is 4.75. The molecule has 5 nitrogen and oxygen atoms in total. The summed E-state index contributed by atoms with van der Waals surface area (Å²) in [6, 6.07) is -0.609. The van der Waals surface area contributed by atoms with Gasteiger partial charge >= 0.3 is 0 Å². The molecule has 0 aromatic carbocycles. The molecule has 0 aromatic heterocycles. The number of carbonyl (C=O) groups excluding carboxylic acids is 2. The van der Waals surface area contributed by atoms with Crippen LogP contribution in [0, 0.1) is 5.92 Å². The van der Waals surface area contributed by atoms with Gasteiger partial charge in [-0.2, -0.15) is 0 Å². The van der Waals surface area contributed by atoms with Crippen molar-refractivity contribution in [3.8, 4) is 0 Å². The van der Waals surface area contributed by atoms with Gasteiger partial charge in [0.25, 0.3) is 0 Å². The minimum absolute atomic E-state index is 0.0294. The Hall–Kier alpha value is -0.940. The molecule has 2 atom stereocenters. The second-order valence-corrected chi connectivity index (χ2v) is 3.39. The molecule has 0 aliphatic rings. The molecule has 0 saturated carbocycles. The van der Waals surface area contributed by atoms with E-state index in [2.05, 4.69) is 0 Å². The molecule has 5 heteroatoms. The van der Waals surface area contributed by atoms with Crippen LogP contribution in [0.2, 0.25) is 0 Å². The third kappa shape index (κ3) is 4.34. The molecule has 0 fully saturated rings. The van der Waals surface area contributed by atoms with E-state index in [1.54, 1.807) is 0 Å². The van der Waals surface area contributed by atoms with Crippen LogP contribution in [0.25, 0.3) is 0 Å². The van der Waals surface area contributed by atoms with Crippen LogP contribution in [0.1, 0.15) is 33.1 Å². The lowest BCUT2D eigenvalue weighted by atomic mass is 9.95. The van der Waals surface area contributed by atoms with Gasteiger partial charge in [0.05, 0.1) is 6.04 Å². The summed E-state index contributed by atoms with van der Waals surface area (Å²) < 4.78 is 0. The van der Waals surface area contributed by atoms with Gasteiger partial charge in [0, 0.05) is 12.3 Å². The third-order valence-corrected chi connectivity index (χ3v) is 2.27. The van der Waals surface area contributed by atoms with Crippen molar-refractivity contribution in [2.75, 3.05) is 0 Å². The lowest BCUT2D eigenvalue weighted by Crippen LogP contribution is -2.35. The van der Waals surface area contributed by atoms with E-state index >= 15 is 0 Å². The Balaban J connectivity index is 3.90. The topological polar surface area (TPSA) is 92.4 Å². The van der Waals surface area contributed by atoms with E-state index in [0.717, 1.165) is 6.42 Å². The molecule has 0 radical (unpaired) electrons. The van der Waals surface area contributed by atoms with Crippen molar-refractivity contribution in [2.24, 2.45) is 11.7 Å². The Morgan fingerprint density at radius 2 is 2.07 bits per heavy atom. The molecule has 82 valence electrons. The van der Waals surface area contributed by atoms with Crippen molar-refractivity contribution in [3.63, 3.8) is 0 Å². The van der Waals surface area contributed by atoms with Gasteiger partial charge in [-0.3, -0.25) is 14.8 Å². The second-order valence-electron chi connectivity index (χ2n) is 3.39. The number of hydrogen-bond acceptors (Lipinski definition) is 4. The quantitative estimate of drug-likeness (QED) is 0.424. The fourth-order valence-electron chi connectivity index (χ4n) is 1.05. The smallest absolute Gasteiger partial charge is 0.243 e. The minimum Gasteiger partial charge on any atom is -0.321 e. The summed E-state index contributed by atoms with van der Waals surface area (Å²) in [4.78, 5) is 22.1. The molecule has 0 aliphatic heterocycles. The standard InChI is InChI=1S/C9H18N2O3/c1-3-6(2)9(13)7(10)4-5-8(12)11-14/h6-7,14H,3-5,10H2,1-2H3,(H,11,12).